The highest BCUT2D eigenvalue weighted by Crippen LogP contribution is 2.39. The number of ether oxygens (including phenoxy) is 1. The smallest absolute Gasteiger partial charge is 0.410 e. The van der Waals surface area contributed by atoms with E-state index in [1.807, 2.05) is 33.2 Å². The van der Waals surface area contributed by atoms with E-state index in [1.165, 1.54) is 63.7 Å². The fourth-order valence-corrected chi connectivity index (χ4v) is 5.46. The van der Waals surface area contributed by atoms with Gasteiger partial charge in [0.05, 0.1) is 18.1 Å². The summed E-state index contributed by atoms with van der Waals surface area (Å²) in [6.07, 6.45) is 11.1. The Balaban J connectivity index is 1.17. The Morgan fingerprint density at radius 2 is 1.68 bits per heavy atom. The Bertz CT molecular complexity index is 1110. The summed E-state index contributed by atoms with van der Waals surface area (Å²) in [4.78, 5) is 31.1. The first-order valence-corrected chi connectivity index (χ1v) is 14.1. The summed E-state index contributed by atoms with van der Waals surface area (Å²) in [5, 5.41) is 3.42. The molecule has 0 bridgehead atoms. The lowest BCUT2D eigenvalue weighted by Gasteiger charge is -2.40. The number of amides is 1. The molecule has 2 aromatic heterocycles. The van der Waals surface area contributed by atoms with Gasteiger partial charge in [-0.05, 0) is 102 Å². The van der Waals surface area contributed by atoms with Gasteiger partial charge in [-0.1, -0.05) is 0 Å². The lowest BCUT2D eigenvalue weighted by molar-refractivity contribution is 0.00788. The largest absolute Gasteiger partial charge is 0.444 e. The Morgan fingerprint density at radius 3 is 2.30 bits per heavy atom. The zero-order valence-corrected chi connectivity index (χ0v) is 22.4. The summed E-state index contributed by atoms with van der Waals surface area (Å²) < 4.78 is 5.55. The van der Waals surface area contributed by atoms with Crippen LogP contribution in [0, 0.1) is 5.92 Å². The lowest BCUT2D eigenvalue weighted by atomic mass is 9.87. The van der Waals surface area contributed by atoms with Crippen LogP contribution in [0.5, 0.6) is 0 Å². The van der Waals surface area contributed by atoms with Gasteiger partial charge in [0.2, 0.25) is 0 Å². The van der Waals surface area contributed by atoms with Crippen molar-refractivity contribution in [2.45, 2.75) is 82.7 Å². The van der Waals surface area contributed by atoms with Crippen LogP contribution in [-0.4, -0.2) is 69.2 Å². The van der Waals surface area contributed by atoms with E-state index in [9.17, 15) is 4.79 Å². The van der Waals surface area contributed by atoms with Gasteiger partial charge >= 0.3 is 6.09 Å². The molecule has 0 spiro atoms. The zero-order chi connectivity index (χ0) is 25.6. The van der Waals surface area contributed by atoms with Crippen LogP contribution < -0.4 is 5.32 Å². The number of anilines is 2. The first kappa shape index (κ1) is 24.6. The molecule has 8 heteroatoms. The minimum atomic E-state index is -0.484. The van der Waals surface area contributed by atoms with Crippen molar-refractivity contribution >= 4 is 17.7 Å². The molecule has 4 fully saturated rings. The number of aromatic nitrogens is 3. The first-order valence-electron chi connectivity index (χ1n) is 14.1. The highest BCUT2D eigenvalue weighted by atomic mass is 16.6. The molecule has 1 amide bonds. The molecule has 1 N–H and O–H groups in total. The Hall–Kier alpha value is -2.74. The number of nitrogens with one attached hydrogen (secondary N) is 1. The van der Waals surface area contributed by atoms with E-state index in [4.69, 9.17) is 9.72 Å². The molecular formula is C29H40N6O2. The monoisotopic (exact) mass is 504 g/mol. The van der Waals surface area contributed by atoms with Crippen molar-refractivity contribution in [3.05, 3.63) is 41.5 Å². The number of piperidine rings is 1. The van der Waals surface area contributed by atoms with Gasteiger partial charge in [0.15, 0.2) is 0 Å². The molecule has 0 radical (unpaired) electrons. The first-order chi connectivity index (χ1) is 17.8. The van der Waals surface area contributed by atoms with Gasteiger partial charge < -0.3 is 19.9 Å². The highest BCUT2D eigenvalue weighted by Gasteiger charge is 2.36. The summed E-state index contributed by atoms with van der Waals surface area (Å²) in [6, 6.07) is 4.48. The third-order valence-electron chi connectivity index (χ3n) is 8.01. The van der Waals surface area contributed by atoms with E-state index in [0.29, 0.717) is 24.9 Å². The Morgan fingerprint density at radius 1 is 0.919 bits per heavy atom. The third kappa shape index (κ3) is 6.22. The minimum Gasteiger partial charge on any atom is -0.444 e. The number of nitrogens with zero attached hydrogens (tertiary/aromatic N) is 5. The fraction of sp³-hybridized carbons (Fsp3) is 0.655. The summed E-state index contributed by atoms with van der Waals surface area (Å²) in [6.45, 7) is 10.6. The number of pyridine rings is 1. The maximum Gasteiger partial charge on any atom is 0.410 e. The summed E-state index contributed by atoms with van der Waals surface area (Å²) in [5.74, 6) is 3.82. The molecule has 37 heavy (non-hydrogen) atoms. The van der Waals surface area contributed by atoms with E-state index in [-0.39, 0.29) is 12.0 Å². The van der Waals surface area contributed by atoms with Crippen LogP contribution in [0.25, 0.3) is 0 Å². The second-order valence-electron chi connectivity index (χ2n) is 12.5. The number of likely N-dealkylation sites (tertiary alicyclic amines) is 2. The van der Waals surface area contributed by atoms with E-state index < -0.39 is 5.60 Å². The molecule has 8 nitrogen and oxygen atoms in total. The van der Waals surface area contributed by atoms with Crippen molar-refractivity contribution < 1.29 is 9.53 Å². The second kappa shape index (κ2) is 9.86. The second-order valence-corrected chi connectivity index (χ2v) is 12.5. The quantitative estimate of drug-likeness (QED) is 0.539. The standard InChI is InChI=1S/C29H40N6O2/c1-29(2,3)37-28(36)35-17-23(18-35)24-12-22(20-8-10-34(11-9-20)16-19-4-5-19)13-26(32-24)33-27-15-30-25(14-31-27)21-6-7-21/h12-15,19-21,23H,4-11,16-18H2,1-3H3,(H,31,32,33). The Labute approximate surface area is 220 Å². The van der Waals surface area contributed by atoms with Gasteiger partial charge in [0.25, 0.3) is 0 Å². The third-order valence-corrected chi connectivity index (χ3v) is 8.01. The van der Waals surface area contributed by atoms with Crippen molar-refractivity contribution in [2.24, 2.45) is 5.92 Å². The van der Waals surface area contributed by atoms with Crippen LogP contribution in [0.4, 0.5) is 16.4 Å². The van der Waals surface area contributed by atoms with Gasteiger partial charge in [0.1, 0.15) is 17.2 Å². The van der Waals surface area contributed by atoms with Crippen molar-refractivity contribution in [1.82, 2.24) is 24.8 Å². The van der Waals surface area contributed by atoms with Crippen molar-refractivity contribution in [3.63, 3.8) is 0 Å². The van der Waals surface area contributed by atoms with Gasteiger partial charge in [-0.3, -0.25) is 4.98 Å². The normalized spacial score (nSPS) is 21.5. The zero-order valence-electron chi connectivity index (χ0n) is 22.4. The summed E-state index contributed by atoms with van der Waals surface area (Å²) >= 11 is 0. The molecule has 6 rings (SSSR count). The van der Waals surface area contributed by atoms with Crippen LogP contribution in [0.1, 0.15) is 94.0 Å². The molecule has 0 atom stereocenters. The number of hydrogen-bond acceptors (Lipinski definition) is 7. The maximum atomic E-state index is 12.5. The van der Waals surface area contributed by atoms with Crippen LogP contribution in [0.2, 0.25) is 0 Å². The summed E-state index contributed by atoms with van der Waals surface area (Å²) in [7, 11) is 0. The molecule has 0 aromatic carbocycles. The molecule has 198 valence electrons. The predicted molar refractivity (Wildman–Crippen MR) is 143 cm³/mol. The average molecular weight is 505 g/mol. The van der Waals surface area contributed by atoms with Crippen LogP contribution in [0.3, 0.4) is 0 Å². The Kier molecular flexibility index (Phi) is 6.55. The van der Waals surface area contributed by atoms with Crippen molar-refractivity contribution in [2.75, 3.05) is 38.0 Å². The van der Waals surface area contributed by atoms with Gasteiger partial charge in [-0.25, -0.2) is 14.8 Å². The van der Waals surface area contributed by atoms with Gasteiger partial charge in [0, 0.05) is 37.2 Å². The molecule has 2 saturated heterocycles. The average Bonchev–Trinajstić information content (AvgIpc) is 3.73. The van der Waals surface area contributed by atoms with Crippen molar-refractivity contribution in [3.8, 4) is 0 Å². The van der Waals surface area contributed by atoms with Crippen LogP contribution >= 0.6 is 0 Å². The van der Waals surface area contributed by atoms with E-state index in [1.54, 1.807) is 4.90 Å². The van der Waals surface area contributed by atoms with E-state index in [2.05, 4.69) is 32.3 Å². The lowest BCUT2D eigenvalue weighted by Crippen LogP contribution is -2.50. The highest BCUT2D eigenvalue weighted by molar-refractivity contribution is 5.69. The molecule has 4 heterocycles. The SMILES string of the molecule is CC(C)(C)OC(=O)N1CC(c2cc(C3CCN(CC4CC4)CC3)cc(Nc3cnc(C4CC4)cn3)n2)C1. The topological polar surface area (TPSA) is 83.5 Å². The van der Waals surface area contributed by atoms with E-state index >= 15 is 0 Å². The minimum absolute atomic E-state index is 0.214. The molecule has 2 aliphatic carbocycles. The van der Waals surface area contributed by atoms with Crippen LogP contribution in [-0.2, 0) is 4.74 Å². The molecule has 0 unspecified atom stereocenters. The number of rotatable bonds is 7. The molecule has 2 aromatic rings. The fourth-order valence-electron chi connectivity index (χ4n) is 5.46. The summed E-state index contributed by atoms with van der Waals surface area (Å²) in [5.41, 5.74) is 2.99. The maximum absolute atomic E-state index is 12.5. The van der Waals surface area contributed by atoms with Gasteiger partial charge in [-0.15, -0.1) is 0 Å². The van der Waals surface area contributed by atoms with Crippen molar-refractivity contribution in [1.29, 1.82) is 0 Å². The van der Waals surface area contributed by atoms with Gasteiger partial charge in [-0.2, -0.15) is 0 Å². The molecular weight excluding hydrogens is 464 g/mol. The predicted octanol–water partition coefficient (Wildman–Crippen LogP) is 5.42. The number of carbonyl (C=O) groups is 1. The molecule has 2 aliphatic heterocycles. The molecule has 4 aliphatic rings. The van der Waals surface area contributed by atoms with E-state index in [0.717, 1.165) is 28.9 Å². The molecule has 2 saturated carbocycles. The number of carbonyl (C=O) groups excluding carboxylic acids is 1. The number of hydrogen-bond donors (Lipinski definition) is 1. The van der Waals surface area contributed by atoms with Crippen LogP contribution in [0.15, 0.2) is 24.5 Å².